The number of hydrogen-bond acceptors (Lipinski definition) is 1. The molecule has 1 heterocycles. The molecule has 2 nitrogen and oxygen atoms in total. The second-order valence-corrected chi connectivity index (χ2v) is 4.33. The Kier molecular flexibility index (Phi) is 4.01. The molecule has 2 aliphatic rings. The largest absolute Gasteiger partial charge is 0.347 e. The van der Waals surface area contributed by atoms with E-state index in [4.69, 9.17) is 4.99 Å². The Morgan fingerprint density at radius 2 is 1.87 bits per heavy atom. The number of nitrogens with one attached hydrogen (secondary N) is 1. The van der Waals surface area contributed by atoms with E-state index in [1.807, 2.05) is 6.20 Å². The molecule has 15 heavy (non-hydrogen) atoms. The number of amidine groups is 1. The molecule has 1 aliphatic carbocycles. The highest BCUT2D eigenvalue weighted by atomic mass is 15.0. The van der Waals surface area contributed by atoms with Crippen molar-refractivity contribution in [1.29, 1.82) is 0 Å². The molecule has 1 N–H and O–H groups in total. The minimum absolute atomic E-state index is 0.554. The van der Waals surface area contributed by atoms with Gasteiger partial charge in [0.05, 0.1) is 6.04 Å². The van der Waals surface area contributed by atoms with Crippen molar-refractivity contribution in [3.63, 3.8) is 0 Å². The van der Waals surface area contributed by atoms with E-state index in [0.717, 1.165) is 18.7 Å². The summed E-state index contributed by atoms with van der Waals surface area (Å²) in [6.07, 6.45) is 17.4. The van der Waals surface area contributed by atoms with Crippen molar-refractivity contribution in [2.45, 2.75) is 51.0 Å². The van der Waals surface area contributed by atoms with Crippen LogP contribution in [0.4, 0.5) is 0 Å². The van der Waals surface area contributed by atoms with Crippen molar-refractivity contribution >= 4 is 5.84 Å². The van der Waals surface area contributed by atoms with Gasteiger partial charge < -0.3 is 5.32 Å². The van der Waals surface area contributed by atoms with Crippen LogP contribution in [0.5, 0.6) is 0 Å². The zero-order valence-electron chi connectivity index (χ0n) is 9.28. The third-order valence-electron chi connectivity index (χ3n) is 3.02. The van der Waals surface area contributed by atoms with Crippen LogP contribution < -0.4 is 5.32 Å². The van der Waals surface area contributed by atoms with Crippen molar-refractivity contribution in [3.8, 4) is 0 Å². The molecule has 0 unspecified atom stereocenters. The van der Waals surface area contributed by atoms with Gasteiger partial charge in [-0.3, -0.25) is 4.99 Å². The highest BCUT2D eigenvalue weighted by molar-refractivity contribution is 5.93. The Morgan fingerprint density at radius 3 is 2.73 bits per heavy atom. The van der Waals surface area contributed by atoms with Gasteiger partial charge in [-0.1, -0.05) is 31.4 Å². The van der Waals surface area contributed by atoms with Crippen molar-refractivity contribution < 1.29 is 0 Å². The third kappa shape index (κ3) is 3.54. The smallest absolute Gasteiger partial charge is 0.124 e. The summed E-state index contributed by atoms with van der Waals surface area (Å²) in [6, 6.07) is 0.554. The predicted molar refractivity (Wildman–Crippen MR) is 65.0 cm³/mol. The molecule has 0 atom stereocenters. The van der Waals surface area contributed by atoms with Crippen LogP contribution in [-0.2, 0) is 0 Å². The SMILES string of the molecule is C1=CNC(=NC2CCCCC2)/C=C\CC1. The van der Waals surface area contributed by atoms with E-state index in [1.54, 1.807) is 0 Å². The molecule has 1 aliphatic heterocycles. The first-order valence-corrected chi connectivity index (χ1v) is 6.11. The first-order valence-electron chi connectivity index (χ1n) is 6.11. The van der Waals surface area contributed by atoms with Gasteiger partial charge in [0.1, 0.15) is 5.84 Å². The lowest BCUT2D eigenvalue weighted by Crippen LogP contribution is -2.20. The Bertz CT molecular complexity index is 270. The van der Waals surface area contributed by atoms with E-state index >= 15 is 0 Å². The Balaban J connectivity index is 1.96. The maximum atomic E-state index is 4.76. The standard InChI is InChI=1S/C13H20N2/c1-2-7-11-14-13(10-6-1)15-12-8-4-3-5-9-12/h6-7,10-12H,1-5,8-9H2,(H,14,15)/b10-6-,11-7?. The summed E-state index contributed by atoms with van der Waals surface area (Å²) in [4.78, 5) is 4.76. The van der Waals surface area contributed by atoms with E-state index in [0.29, 0.717) is 6.04 Å². The van der Waals surface area contributed by atoms with Crippen LogP contribution in [0.2, 0.25) is 0 Å². The summed E-state index contributed by atoms with van der Waals surface area (Å²) < 4.78 is 0. The molecule has 0 aromatic heterocycles. The lowest BCUT2D eigenvalue weighted by atomic mass is 9.96. The van der Waals surface area contributed by atoms with E-state index in [9.17, 15) is 0 Å². The fourth-order valence-electron chi connectivity index (χ4n) is 2.15. The van der Waals surface area contributed by atoms with Crippen LogP contribution >= 0.6 is 0 Å². The third-order valence-corrected chi connectivity index (χ3v) is 3.02. The normalized spacial score (nSPS) is 28.1. The van der Waals surface area contributed by atoms with E-state index in [2.05, 4.69) is 23.5 Å². The van der Waals surface area contributed by atoms with Gasteiger partial charge in [0, 0.05) is 0 Å². The summed E-state index contributed by atoms with van der Waals surface area (Å²) in [5, 5.41) is 3.25. The monoisotopic (exact) mass is 204 g/mol. The van der Waals surface area contributed by atoms with Gasteiger partial charge in [-0.05, 0) is 38.0 Å². The van der Waals surface area contributed by atoms with Crippen LogP contribution in [0.15, 0.2) is 29.4 Å². The van der Waals surface area contributed by atoms with Crippen molar-refractivity contribution in [3.05, 3.63) is 24.4 Å². The molecule has 1 fully saturated rings. The average molecular weight is 204 g/mol. The Labute approximate surface area is 92.2 Å². The van der Waals surface area contributed by atoms with Gasteiger partial charge in [-0.15, -0.1) is 0 Å². The lowest BCUT2D eigenvalue weighted by Gasteiger charge is -2.18. The number of nitrogens with zero attached hydrogens (tertiary/aromatic N) is 1. The zero-order chi connectivity index (χ0) is 10.3. The van der Waals surface area contributed by atoms with Gasteiger partial charge in [0.15, 0.2) is 0 Å². The van der Waals surface area contributed by atoms with Crippen molar-refractivity contribution in [2.24, 2.45) is 4.99 Å². The van der Waals surface area contributed by atoms with Gasteiger partial charge >= 0.3 is 0 Å². The topological polar surface area (TPSA) is 24.4 Å². The fraction of sp³-hybridized carbons (Fsp3) is 0.615. The van der Waals surface area contributed by atoms with E-state index in [-0.39, 0.29) is 0 Å². The van der Waals surface area contributed by atoms with Gasteiger partial charge in [0.25, 0.3) is 0 Å². The summed E-state index contributed by atoms with van der Waals surface area (Å²) >= 11 is 0. The summed E-state index contributed by atoms with van der Waals surface area (Å²) in [5.74, 6) is 1.04. The number of hydrogen-bond donors (Lipinski definition) is 1. The first kappa shape index (κ1) is 10.5. The molecule has 82 valence electrons. The summed E-state index contributed by atoms with van der Waals surface area (Å²) in [5.41, 5.74) is 0. The van der Waals surface area contributed by atoms with Crippen molar-refractivity contribution in [1.82, 2.24) is 5.32 Å². The second kappa shape index (κ2) is 5.74. The Morgan fingerprint density at radius 1 is 1.07 bits per heavy atom. The summed E-state index contributed by atoms with van der Waals surface area (Å²) in [7, 11) is 0. The first-order chi connectivity index (χ1) is 7.45. The maximum Gasteiger partial charge on any atom is 0.124 e. The molecule has 2 rings (SSSR count). The second-order valence-electron chi connectivity index (χ2n) is 4.33. The maximum absolute atomic E-state index is 4.76. The number of aliphatic imine (C=N–C) groups is 1. The van der Waals surface area contributed by atoms with E-state index < -0.39 is 0 Å². The Hall–Kier alpha value is -1.05. The molecule has 2 heteroatoms. The molecule has 0 bridgehead atoms. The van der Waals surface area contributed by atoms with Gasteiger partial charge in [-0.2, -0.15) is 0 Å². The molecular weight excluding hydrogens is 184 g/mol. The minimum Gasteiger partial charge on any atom is -0.347 e. The van der Waals surface area contributed by atoms with E-state index in [1.165, 1.54) is 32.1 Å². The molecule has 0 saturated heterocycles. The zero-order valence-corrected chi connectivity index (χ0v) is 9.28. The molecule has 0 aromatic rings. The molecule has 0 spiro atoms. The highest BCUT2D eigenvalue weighted by Gasteiger charge is 2.12. The number of allylic oxidation sites excluding steroid dienone is 2. The molecule has 0 amide bonds. The molecule has 1 saturated carbocycles. The van der Waals surface area contributed by atoms with Crippen LogP contribution in [0.3, 0.4) is 0 Å². The van der Waals surface area contributed by atoms with Crippen LogP contribution in [0, 0.1) is 0 Å². The average Bonchev–Trinajstić information content (AvgIpc) is 2.23. The minimum atomic E-state index is 0.554. The van der Waals surface area contributed by atoms with Crippen molar-refractivity contribution in [2.75, 3.05) is 0 Å². The van der Waals surface area contributed by atoms with Crippen LogP contribution in [-0.4, -0.2) is 11.9 Å². The molecule has 0 aromatic carbocycles. The van der Waals surface area contributed by atoms with Gasteiger partial charge in [-0.25, -0.2) is 0 Å². The van der Waals surface area contributed by atoms with Crippen LogP contribution in [0.25, 0.3) is 0 Å². The molecule has 0 radical (unpaired) electrons. The lowest BCUT2D eigenvalue weighted by molar-refractivity contribution is 0.443. The van der Waals surface area contributed by atoms with Crippen LogP contribution in [0.1, 0.15) is 44.9 Å². The number of rotatable bonds is 1. The fourth-order valence-corrected chi connectivity index (χ4v) is 2.15. The molecular formula is C13H20N2. The van der Waals surface area contributed by atoms with Gasteiger partial charge in [0.2, 0.25) is 0 Å². The quantitative estimate of drug-likeness (QED) is 0.697. The highest BCUT2D eigenvalue weighted by Crippen LogP contribution is 2.20. The summed E-state index contributed by atoms with van der Waals surface area (Å²) in [6.45, 7) is 0. The predicted octanol–water partition coefficient (Wildman–Crippen LogP) is 3.17.